The van der Waals surface area contributed by atoms with Crippen molar-refractivity contribution in [3.8, 4) is 0 Å². The number of aromatic nitrogens is 2. The molecule has 4 heteroatoms. The SMILES string of the molecule is CCNCc1cc(C)ccc1Sc1nc(C)c(C)c(C)n1. The van der Waals surface area contributed by atoms with Crippen molar-refractivity contribution >= 4 is 11.8 Å². The summed E-state index contributed by atoms with van der Waals surface area (Å²) in [5, 5.41) is 4.23. The van der Waals surface area contributed by atoms with Gasteiger partial charge in [0.2, 0.25) is 0 Å². The van der Waals surface area contributed by atoms with Crippen molar-refractivity contribution in [1.29, 1.82) is 0 Å². The molecule has 0 radical (unpaired) electrons. The van der Waals surface area contributed by atoms with Crippen LogP contribution < -0.4 is 5.32 Å². The summed E-state index contributed by atoms with van der Waals surface area (Å²) < 4.78 is 0. The van der Waals surface area contributed by atoms with E-state index in [0.29, 0.717) is 0 Å². The molecule has 0 atom stereocenters. The molecule has 0 saturated heterocycles. The van der Waals surface area contributed by atoms with Gasteiger partial charge in [-0.2, -0.15) is 0 Å². The van der Waals surface area contributed by atoms with Crippen LogP contribution in [0.1, 0.15) is 35.0 Å². The van der Waals surface area contributed by atoms with Gasteiger partial charge in [0.25, 0.3) is 0 Å². The lowest BCUT2D eigenvalue weighted by Gasteiger charge is -2.11. The van der Waals surface area contributed by atoms with Crippen molar-refractivity contribution in [2.24, 2.45) is 0 Å². The second-order valence-electron chi connectivity index (χ2n) is 5.30. The van der Waals surface area contributed by atoms with Gasteiger partial charge in [-0.3, -0.25) is 0 Å². The van der Waals surface area contributed by atoms with Gasteiger partial charge < -0.3 is 5.32 Å². The van der Waals surface area contributed by atoms with Crippen molar-refractivity contribution in [2.45, 2.75) is 51.2 Å². The van der Waals surface area contributed by atoms with E-state index >= 15 is 0 Å². The van der Waals surface area contributed by atoms with Crippen LogP contribution in [-0.2, 0) is 6.54 Å². The van der Waals surface area contributed by atoms with Crippen LogP contribution in [-0.4, -0.2) is 16.5 Å². The second kappa shape index (κ2) is 7.05. The Kier molecular flexibility index (Phi) is 5.37. The molecule has 0 fully saturated rings. The average molecular weight is 301 g/mol. The summed E-state index contributed by atoms with van der Waals surface area (Å²) in [6, 6.07) is 6.55. The van der Waals surface area contributed by atoms with Crippen LogP contribution in [0.5, 0.6) is 0 Å². The third-order valence-corrected chi connectivity index (χ3v) is 4.58. The maximum Gasteiger partial charge on any atom is 0.192 e. The number of hydrogen-bond donors (Lipinski definition) is 1. The smallest absolute Gasteiger partial charge is 0.192 e. The van der Waals surface area contributed by atoms with Gasteiger partial charge in [0, 0.05) is 22.8 Å². The van der Waals surface area contributed by atoms with E-state index in [2.05, 4.69) is 54.3 Å². The fourth-order valence-electron chi connectivity index (χ4n) is 2.09. The van der Waals surface area contributed by atoms with Gasteiger partial charge in [0.15, 0.2) is 5.16 Å². The monoisotopic (exact) mass is 301 g/mol. The first kappa shape index (κ1) is 16.0. The highest BCUT2D eigenvalue weighted by molar-refractivity contribution is 7.99. The summed E-state index contributed by atoms with van der Waals surface area (Å²) in [4.78, 5) is 10.4. The topological polar surface area (TPSA) is 37.8 Å². The van der Waals surface area contributed by atoms with E-state index in [0.717, 1.165) is 29.6 Å². The fourth-order valence-corrected chi connectivity index (χ4v) is 3.05. The summed E-state index contributed by atoms with van der Waals surface area (Å²) in [6.45, 7) is 12.3. The number of nitrogens with zero attached hydrogens (tertiary/aromatic N) is 2. The molecule has 1 N–H and O–H groups in total. The van der Waals surface area contributed by atoms with Crippen molar-refractivity contribution in [3.05, 3.63) is 46.3 Å². The van der Waals surface area contributed by atoms with Crippen molar-refractivity contribution in [1.82, 2.24) is 15.3 Å². The Balaban J connectivity index is 2.30. The van der Waals surface area contributed by atoms with Crippen LogP contribution in [0, 0.1) is 27.7 Å². The molecule has 0 aliphatic rings. The van der Waals surface area contributed by atoms with Gasteiger partial charge in [-0.1, -0.05) is 24.6 Å². The molecule has 1 heterocycles. The number of rotatable bonds is 5. The number of hydrogen-bond acceptors (Lipinski definition) is 4. The molecular weight excluding hydrogens is 278 g/mol. The highest BCUT2D eigenvalue weighted by atomic mass is 32.2. The maximum atomic E-state index is 4.60. The van der Waals surface area contributed by atoms with Crippen LogP contribution in [0.2, 0.25) is 0 Å². The van der Waals surface area contributed by atoms with Crippen molar-refractivity contribution in [3.63, 3.8) is 0 Å². The van der Waals surface area contributed by atoms with Gasteiger partial charge in [-0.15, -0.1) is 0 Å². The van der Waals surface area contributed by atoms with Crippen molar-refractivity contribution in [2.75, 3.05) is 6.54 Å². The molecule has 1 aromatic carbocycles. The lowest BCUT2D eigenvalue weighted by atomic mass is 10.1. The molecule has 0 amide bonds. The third-order valence-electron chi connectivity index (χ3n) is 3.59. The predicted molar refractivity (Wildman–Crippen MR) is 88.9 cm³/mol. The van der Waals surface area contributed by atoms with Gasteiger partial charge in [-0.05, 0) is 63.2 Å². The zero-order chi connectivity index (χ0) is 15.4. The first-order valence-electron chi connectivity index (χ1n) is 7.31. The maximum absolute atomic E-state index is 4.60. The van der Waals surface area contributed by atoms with Crippen LogP contribution in [0.25, 0.3) is 0 Å². The van der Waals surface area contributed by atoms with Gasteiger partial charge in [-0.25, -0.2) is 9.97 Å². The standard InChI is InChI=1S/C17H23N3S/c1-6-18-10-15-9-11(2)7-8-16(15)21-17-19-13(4)12(3)14(5)20-17/h7-9,18H,6,10H2,1-5H3. The molecule has 112 valence electrons. The van der Waals surface area contributed by atoms with Crippen LogP contribution in [0.15, 0.2) is 28.3 Å². The lowest BCUT2D eigenvalue weighted by Crippen LogP contribution is -2.12. The van der Waals surface area contributed by atoms with Gasteiger partial charge >= 0.3 is 0 Å². The van der Waals surface area contributed by atoms with Crippen LogP contribution in [0.4, 0.5) is 0 Å². The van der Waals surface area contributed by atoms with Crippen LogP contribution in [0.3, 0.4) is 0 Å². The molecular formula is C17H23N3S. The van der Waals surface area contributed by atoms with Crippen LogP contribution >= 0.6 is 11.8 Å². The molecule has 3 nitrogen and oxygen atoms in total. The Morgan fingerprint density at radius 3 is 2.33 bits per heavy atom. The molecule has 2 rings (SSSR count). The van der Waals surface area contributed by atoms with E-state index in [1.807, 2.05) is 13.8 Å². The predicted octanol–water partition coefficient (Wildman–Crippen LogP) is 3.97. The van der Waals surface area contributed by atoms with E-state index in [1.54, 1.807) is 11.8 Å². The van der Waals surface area contributed by atoms with Gasteiger partial charge in [0.1, 0.15) is 0 Å². The number of benzene rings is 1. The minimum atomic E-state index is 0.831. The highest BCUT2D eigenvalue weighted by Crippen LogP contribution is 2.29. The highest BCUT2D eigenvalue weighted by Gasteiger charge is 2.09. The molecule has 0 spiro atoms. The largest absolute Gasteiger partial charge is 0.313 e. The minimum absolute atomic E-state index is 0.831. The molecule has 0 unspecified atom stereocenters. The molecule has 1 aromatic heterocycles. The Labute approximate surface area is 131 Å². The molecule has 0 aliphatic carbocycles. The summed E-state index contributed by atoms with van der Waals surface area (Å²) >= 11 is 1.65. The van der Waals surface area contributed by atoms with E-state index in [9.17, 15) is 0 Å². The van der Waals surface area contributed by atoms with E-state index < -0.39 is 0 Å². The Morgan fingerprint density at radius 1 is 1.05 bits per heavy atom. The summed E-state index contributed by atoms with van der Waals surface area (Å²) in [7, 11) is 0. The first-order valence-corrected chi connectivity index (χ1v) is 8.12. The fraction of sp³-hybridized carbons (Fsp3) is 0.412. The number of aryl methyl sites for hydroxylation is 3. The Hall–Kier alpha value is -1.39. The zero-order valence-corrected chi connectivity index (χ0v) is 14.3. The van der Waals surface area contributed by atoms with E-state index in [-0.39, 0.29) is 0 Å². The molecule has 2 aromatic rings. The average Bonchev–Trinajstić information content (AvgIpc) is 2.45. The third kappa shape index (κ3) is 4.05. The Bertz CT molecular complexity index is 615. The van der Waals surface area contributed by atoms with Crippen molar-refractivity contribution < 1.29 is 0 Å². The number of nitrogens with one attached hydrogen (secondary N) is 1. The normalized spacial score (nSPS) is 10.9. The minimum Gasteiger partial charge on any atom is -0.313 e. The van der Waals surface area contributed by atoms with E-state index in [1.165, 1.54) is 21.6 Å². The second-order valence-corrected chi connectivity index (χ2v) is 6.30. The lowest BCUT2D eigenvalue weighted by molar-refractivity contribution is 0.717. The quantitative estimate of drug-likeness (QED) is 0.848. The van der Waals surface area contributed by atoms with E-state index in [4.69, 9.17) is 0 Å². The molecule has 0 bridgehead atoms. The summed E-state index contributed by atoms with van der Waals surface area (Å²) in [5.74, 6) is 0. The first-order chi connectivity index (χ1) is 10.0. The Morgan fingerprint density at radius 2 is 1.71 bits per heavy atom. The summed E-state index contributed by atoms with van der Waals surface area (Å²) in [6.07, 6.45) is 0. The molecule has 0 saturated carbocycles. The van der Waals surface area contributed by atoms with Gasteiger partial charge in [0.05, 0.1) is 0 Å². The molecule has 0 aliphatic heterocycles. The molecule has 21 heavy (non-hydrogen) atoms. The summed E-state index contributed by atoms with van der Waals surface area (Å²) in [5.41, 5.74) is 5.89. The zero-order valence-electron chi connectivity index (χ0n) is 13.4.